The van der Waals surface area contributed by atoms with Crippen molar-refractivity contribution in [1.82, 2.24) is 0 Å². The highest BCUT2D eigenvalue weighted by Gasteiger charge is 2.46. The summed E-state index contributed by atoms with van der Waals surface area (Å²) in [6.07, 6.45) is 0. The first-order valence-electron chi connectivity index (χ1n) is 31.6. The van der Waals surface area contributed by atoms with Crippen LogP contribution in [-0.2, 0) is 0 Å². The van der Waals surface area contributed by atoms with Crippen molar-refractivity contribution in [2.75, 3.05) is 24.9 Å². The third-order valence-corrected chi connectivity index (χ3v) is 19.4. The molecule has 17 rings (SSSR count). The molecule has 0 unspecified atom stereocenters. The van der Waals surface area contributed by atoms with E-state index >= 15 is 0 Å². The zero-order chi connectivity index (χ0) is 60.9. The zero-order valence-electron chi connectivity index (χ0n) is 50.3. The quantitative estimate of drug-likeness (QED) is 0.116. The van der Waals surface area contributed by atoms with E-state index in [1.54, 1.807) is 0 Å². The number of anilines is 14. The van der Waals surface area contributed by atoms with Crippen molar-refractivity contribution in [3.8, 4) is 22.3 Å². The lowest BCUT2D eigenvalue weighted by molar-refractivity contribution is 1.23. The molecule has 0 aliphatic carbocycles. The van der Waals surface area contributed by atoms with Gasteiger partial charge < -0.3 is 24.9 Å². The van der Waals surface area contributed by atoms with E-state index in [9.17, 15) is 0 Å². The van der Waals surface area contributed by atoms with Gasteiger partial charge in [0.2, 0.25) is 13.4 Å². The number of hydrogen-bond acceptors (Lipinski definition) is 6. The molecule has 3 aliphatic rings. The van der Waals surface area contributed by atoms with Crippen LogP contribution in [0.3, 0.4) is 0 Å². The van der Waals surface area contributed by atoms with Gasteiger partial charge in [0.1, 0.15) is 0 Å². The number of para-hydroxylation sites is 8. The van der Waals surface area contributed by atoms with Gasteiger partial charge >= 0.3 is 0 Å². The Morgan fingerprint density at radius 1 is 0.293 bits per heavy atom. The summed E-state index contributed by atoms with van der Waals surface area (Å²) in [5, 5.41) is 4.14. The monoisotopic (exact) mass is 1190 g/mol. The summed E-state index contributed by atoms with van der Waals surface area (Å²) in [5.74, 6) is 0. The van der Waals surface area contributed by atoms with Gasteiger partial charge in [-0.2, -0.15) is 0 Å². The number of nitrogens with zero attached hydrogens (tertiary/aromatic N) is 4. The molecule has 3 heterocycles. The molecule has 432 valence electrons. The Hall–Kier alpha value is -11.4. The minimum Gasteiger partial charge on any atom is -0.356 e. The summed E-state index contributed by atoms with van der Waals surface area (Å²) in [7, 11) is 0. The van der Waals surface area contributed by atoms with E-state index in [4.69, 9.17) is 0 Å². The average Bonchev–Trinajstić information content (AvgIpc) is 0.713. The number of hydrogen-bond donors (Lipinski definition) is 1. The topological polar surface area (TPSA) is 25.0 Å². The molecule has 0 atom stereocenters. The highest BCUT2D eigenvalue weighted by Crippen LogP contribution is 2.52. The maximum absolute atomic E-state index is 4.14. The van der Waals surface area contributed by atoms with Crippen LogP contribution >= 0.6 is 11.8 Å². The van der Waals surface area contributed by atoms with E-state index in [1.807, 2.05) is 11.8 Å². The van der Waals surface area contributed by atoms with Crippen LogP contribution in [0.4, 0.5) is 79.6 Å². The van der Waals surface area contributed by atoms with E-state index in [0.717, 1.165) is 90.5 Å². The van der Waals surface area contributed by atoms with Crippen molar-refractivity contribution in [1.29, 1.82) is 0 Å². The molecule has 14 aromatic carbocycles. The van der Waals surface area contributed by atoms with E-state index < -0.39 is 0 Å². The van der Waals surface area contributed by atoms with Crippen molar-refractivity contribution < 1.29 is 0 Å². The first-order valence-corrected chi connectivity index (χ1v) is 32.4. The summed E-state index contributed by atoms with van der Waals surface area (Å²) in [6.45, 7) is -0.363. The largest absolute Gasteiger partial charge is 0.356 e. The Labute approximate surface area is 543 Å². The standard InChI is InChI=1S/C84H59B2N5S/c1-10-31-59(32-11-1)70-49-30-50-71(60-33-12-2-13-34-60)84(70)91-77-58-80-74(86-72-51-28-29-52-76(72)90(67-47-26-9-27-48-67)79-55-69(56-81(92-80)83(79)86)89(65-43-22-7-23-44-65)66-45-24-8-25-46-66)57-73(77)85(61-35-14-3-15-36-61)82-75(87-62-37-16-4-17-38-62)53-68(54-78(82)91)88(63-39-18-5-19-40-63)64-41-20-6-21-42-64/h1-58,87H. The predicted octanol–water partition coefficient (Wildman–Crippen LogP) is 18.8. The predicted molar refractivity (Wildman–Crippen MR) is 392 cm³/mol. The molecule has 0 radical (unpaired) electrons. The smallest absolute Gasteiger partial charge is 0.249 e. The molecule has 0 spiro atoms. The van der Waals surface area contributed by atoms with E-state index in [1.165, 1.54) is 53.9 Å². The lowest BCUT2D eigenvalue weighted by atomic mass is 9.31. The Kier molecular flexibility index (Phi) is 14.0. The third kappa shape index (κ3) is 9.63. The highest BCUT2D eigenvalue weighted by molar-refractivity contribution is 8.00. The number of rotatable bonds is 13. The van der Waals surface area contributed by atoms with E-state index in [2.05, 4.69) is 377 Å². The molecular formula is C84H59B2N5S. The lowest BCUT2D eigenvalue weighted by Crippen LogP contribution is -2.63. The SMILES string of the molecule is c1ccc(Nc2cc(N(c3ccccc3)c3ccccc3)cc3c2B(c2ccccc2)c2cc4c(cc2N3c2c(-c3ccccc3)cccc2-c2ccccc2)Sc2cc(N(c3ccccc3)c3ccccc3)cc3c2B4c2ccccc2N3c2ccccc2)cc1. The van der Waals surface area contributed by atoms with Crippen molar-refractivity contribution in [3.05, 3.63) is 352 Å². The van der Waals surface area contributed by atoms with Crippen LogP contribution < -0.4 is 57.7 Å². The van der Waals surface area contributed by atoms with E-state index in [0.29, 0.717) is 0 Å². The third-order valence-electron chi connectivity index (χ3n) is 18.2. The number of benzene rings is 14. The summed E-state index contributed by atoms with van der Waals surface area (Å²) < 4.78 is 0. The number of fused-ring (bicyclic) bond motifs is 6. The second kappa shape index (κ2) is 23.5. The van der Waals surface area contributed by atoms with Gasteiger partial charge in [0.05, 0.1) is 11.4 Å². The molecule has 8 heteroatoms. The molecule has 0 fully saturated rings. The molecule has 0 amide bonds. The zero-order valence-corrected chi connectivity index (χ0v) is 51.2. The van der Waals surface area contributed by atoms with Gasteiger partial charge in [-0.3, -0.25) is 0 Å². The first kappa shape index (κ1) is 54.7. The highest BCUT2D eigenvalue weighted by atomic mass is 32.2. The normalized spacial score (nSPS) is 12.4. The van der Waals surface area contributed by atoms with Gasteiger partial charge in [-0.1, -0.05) is 265 Å². The fourth-order valence-corrected chi connectivity index (χ4v) is 15.6. The van der Waals surface area contributed by atoms with Crippen molar-refractivity contribution in [2.45, 2.75) is 9.79 Å². The molecule has 1 N–H and O–H groups in total. The van der Waals surface area contributed by atoms with Gasteiger partial charge in [0.25, 0.3) is 0 Å². The minimum absolute atomic E-state index is 0.119. The Balaban J connectivity index is 1.000. The fourth-order valence-electron chi connectivity index (χ4n) is 14.4. The van der Waals surface area contributed by atoms with Crippen molar-refractivity contribution in [2.24, 2.45) is 0 Å². The molecule has 0 bridgehead atoms. The molecule has 0 aromatic heterocycles. The Morgan fingerprint density at radius 3 is 1.29 bits per heavy atom. The first-order chi connectivity index (χ1) is 45.7. The maximum atomic E-state index is 4.14. The minimum atomic E-state index is -0.243. The van der Waals surface area contributed by atoms with Crippen LogP contribution in [-0.4, -0.2) is 13.4 Å². The summed E-state index contributed by atoms with van der Waals surface area (Å²) >= 11 is 1.90. The number of nitrogens with one attached hydrogen (secondary N) is 1. The molecule has 0 saturated heterocycles. The van der Waals surface area contributed by atoms with Crippen LogP contribution in [0.2, 0.25) is 0 Å². The van der Waals surface area contributed by atoms with Gasteiger partial charge in [-0.15, -0.1) is 0 Å². The van der Waals surface area contributed by atoms with Crippen LogP contribution in [0.25, 0.3) is 22.3 Å². The Morgan fingerprint density at radius 2 is 0.750 bits per heavy atom. The Bertz CT molecular complexity index is 4860. The van der Waals surface area contributed by atoms with Crippen LogP contribution in [0.15, 0.2) is 362 Å². The maximum Gasteiger partial charge on any atom is 0.249 e. The second-order valence-electron chi connectivity index (χ2n) is 23.6. The average molecular weight is 1190 g/mol. The second-order valence-corrected chi connectivity index (χ2v) is 24.7. The van der Waals surface area contributed by atoms with Crippen molar-refractivity contribution >= 4 is 138 Å². The van der Waals surface area contributed by atoms with Crippen LogP contribution in [0, 0.1) is 0 Å². The van der Waals surface area contributed by atoms with Crippen LogP contribution in [0.1, 0.15) is 0 Å². The van der Waals surface area contributed by atoms with Gasteiger partial charge in [-0.05, 0) is 142 Å². The molecule has 0 saturated carbocycles. The summed E-state index contributed by atoms with van der Waals surface area (Å²) in [4.78, 5) is 12.4. The van der Waals surface area contributed by atoms with Crippen molar-refractivity contribution in [3.63, 3.8) is 0 Å². The van der Waals surface area contributed by atoms with E-state index in [-0.39, 0.29) is 13.4 Å². The van der Waals surface area contributed by atoms with Gasteiger partial charge in [0, 0.05) is 89.2 Å². The van der Waals surface area contributed by atoms with Gasteiger partial charge in [-0.25, -0.2) is 0 Å². The molecular weight excluding hydrogens is 1130 g/mol. The molecule has 3 aliphatic heterocycles. The summed E-state index contributed by atoms with van der Waals surface area (Å²) in [5.41, 5.74) is 27.1. The fraction of sp³-hybridized carbons (Fsp3) is 0. The lowest BCUT2D eigenvalue weighted by Gasteiger charge is -2.44. The summed E-state index contributed by atoms with van der Waals surface area (Å²) in [6, 6.07) is 129. The molecule has 14 aromatic rings. The van der Waals surface area contributed by atoms with Crippen LogP contribution in [0.5, 0.6) is 0 Å². The molecule has 5 nitrogen and oxygen atoms in total. The van der Waals surface area contributed by atoms with Gasteiger partial charge in [0.15, 0.2) is 0 Å². The molecule has 92 heavy (non-hydrogen) atoms.